The van der Waals surface area contributed by atoms with E-state index in [1.165, 1.54) is 16.5 Å². The maximum Gasteiger partial charge on any atom is 0.270 e. The lowest BCUT2D eigenvalue weighted by molar-refractivity contribution is 0.0949. The predicted octanol–water partition coefficient (Wildman–Crippen LogP) is 4.16. The Balaban J connectivity index is 1.36. The second kappa shape index (κ2) is 8.78. The van der Waals surface area contributed by atoms with Crippen LogP contribution < -0.4 is 10.6 Å². The van der Waals surface area contributed by atoms with E-state index in [4.69, 9.17) is 0 Å². The summed E-state index contributed by atoms with van der Waals surface area (Å²) in [6.45, 7) is 5.06. The summed E-state index contributed by atoms with van der Waals surface area (Å²) in [5, 5.41) is 7.36. The smallest absolute Gasteiger partial charge is 0.270 e. The standard InChI is InChI=1S/C24H25N5O/c1-16-7-9-18(10-8-16)14-27-24-28-17(2)13-22(29-24)23(30)25-12-11-19-15-26-21-6-4-3-5-20(19)21/h3-10,13,15,26H,11-12,14H2,1-2H3,(H,25,30)(H,27,28,29). The third kappa shape index (κ3) is 4.66. The van der Waals surface area contributed by atoms with Crippen LogP contribution in [0.25, 0.3) is 10.9 Å². The molecular formula is C24H25N5O. The minimum atomic E-state index is -0.196. The van der Waals surface area contributed by atoms with Gasteiger partial charge >= 0.3 is 0 Å². The van der Waals surface area contributed by atoms with E-state index in [1.807, 2.05) is 31.3 Å². The molecule has 0 radical (unpaired) electrons. The molecule has 0 aliphatic carbocycles. The van der Waals surface area contributed by atoms with E-state index in [1.54, 1.807) is 6.07 Å². The Labute approximate surface area is 175 Å². The number of H-pyrrole nitrogens is 1. The lowest BCUT2D eigenvalue weighted by Crippen LogP contribution is -2.27. The molecule has 30 heavy (non-hydrogen) atoms. The number of nitrogens with one attached hydrogen (secondary N) is 3. The van der Waals surface area contributed by atoms with Crippen molar-refractivity contribution in [3.63, 3.8) is 0 Å². The molecule has 0 bridgehead atoms. The normalized spacial score (nSPS) is 10.9. The van der Waals surface area contributed by atoms with Gasteiger partial charge in [-0.1, -0.05) is 48.0 Å². The molecule has 6 heteroatoms. The summed E-state index contributed by atoms with van der Waals surface area (Å²) in [6.07, 6.45) is 2.75. The molecule has 3 N–H and O–H groups in total. The first-order valence-corrected chi connectivity index (χ1v) is 10.1. The van der Waals surface area contributed by atoms with E-state index in [9.17, 15) is 4.79 Å². The van der Waals surface area contributed by atoms with Gasteiger partial charge in [-0.2, -0.15) is 0 Å². The summed E-state index contributed by atoms with van der Waals surface area (Å²) in [4.78, 5) is 24.7. The SMILES string of the molecule is Cc1ccc(CNc2nc(C)cc(C(=O)NCCc3c[nH]c4ccccc34)n2)cc1. The zero-order valence-electron chi connectivity index (χ0n) is 17.2. The fourth-order valence-electron chi connectivity index (χ4n) is 3.39. The molecule has 6 nitrogen and oxygen atoms in total. The number of benzene rings is 2. The van der Waals surface area contributed by atoms with Gasteiger partial charge < -0.3 is 15.6 Å². The molecule has 0 aliphatic rings. The van der Waals surface area contributed by atoms with Crippen molar-refractivity contribution < 1.29 is 4.79 Å². The van der Waals surface area contributed by atoms with Crippen LogP contribution in [-0.4, -0.2) is 27.4 Å². The lowest BCUT2D eigenvalue weighted by atomic mass is 10.1. The lowest BCUT2D eigenvalue weighted by Gasteiger charge is -2.09. The highest BCUT2D eigenvalue weighted by Crippen LogP contribution is 2.17. The summed E-state index contributed by atoms with van der Waals surface area (Å²) < 4.78 is 0. The summed E-state index contributed by atoms with van der Waals surface area (Å²) in [5.74, 6) is 0.260. The van der Waals surface area contributed by atoms with Crippen LogP contribution in [0.1, 0.15) is 32.9 Å². The number of anilines is 1. The van der Waals surface area contributed by atoms with E-state index in [0.29, 0.717) is 24.7 Å². The molecule has 4 aromatic rings. The van der Waals surface area contributed by atoms with Gasteiger partial charge in [0.05, 0.1) is 0 Å². The molecule has 0 saturated carbocycles. The van der Waals surface area contributed by atoms with Gasteiger partial charge in [-0.05, 0) is 43.5 Å². The molecule has 0 fully saturated rings. The third-order valence-corrected chi connectivity index (χ3v) is 5.01. The van der Waals surface area contributed by atoms with Crippen LogP contribution in [0.3, 0.4) is 0 Å². The Hall–Kier alpha value is -3.67. The van der Waals surface area contributed by atoms with Gasteiger partial charge in [0.15, 0.2) is 0 Å². The highest BCUT2D eigenvalue weighted by Gasteiger charge is 2.11. The first-order valence-electron chi connectivity index (χ1n) is 10.1. The maximum atomic E-state index is 12.6. The number of carbonyl (C=O) groups excluding carboxylic acids is 1. The third-order valence-electron chi connectivity index (χ3n) is 5.01. The van der Waals surface area contributed by atoms with Crippen LogP contribution in [0.2, 0.25) is 0 Å². The Morgan fingerprint density at radius 1 is 1.03 bits per heavy atom. The molecule has 152 valence electrons. The van der Waals surface area contributed by atoms with Crippen LogP contribution >= 0.6 is 0 Å². The van der Waals surface area contributed by atoms with Gasteiger partial charge in [0.25, 0.3) is 5.91 Å². The first kappa shape index (κ1) is 19.6. The molecule has 2 aromatic heterocycles. The molecule has 1 amide bonds. The molecule has 0 saturated heterocycles. The molecular weight excluding hydrogens is 374 g/mol. The number of para-hydroxylation sites is 1. The summed E-state index contributed by atoms with van der Waals surface area (Å²) in [5.41, 5.74) is 5.76. The van der Waals surface area contributed by atoms with Gasteiger partial charge in [0.1, 0.15) is 5.69 Å². The number of aromatic amines is 1. The van der Waals surface area contributed by atoms with E-state index in [-0.39, 0.29) is 5.91 Å². The summed E-state index contributed by atoms with van der Waals surface area (Å²) >= 11 is 0. The minimum Gasteiger partial charge on any atom is -0.361 e. The second-order valence-corrected chi connectivity index (χ2v) is 7.42. The van der Waals surface area contributed by atoms with E-state index in [0.717, 1.165) is 23.2 Å². The van der Waals surface area contributed by atoms with Crippen molar-refractivity contribution in [2.75, 3.05) is 11.9 Å². The van der Waals surface area contributed by atoms with Crippen LogP contribution in [0, 0.1) is 13.8 Å². The Morgan fingerprint density at radius 3 is 2.67 bits per heavy atom. The van der Waals surface area contributed by atoms with Crippen LogP contribution in [0.15, 0.2) is 60.8 Å². The fourth-order valence-corrected chi connectivity index (χ4v) is 3.39. The van der Waals surface area contributed by atoms with E-state index in [2.05, 4.69) is 62.8 Å². The second-order valence-electron chi connectivity index (χ2n) is 7.42. The predicted molar refractivity (Wildman–Crippen MR) is 120 cm³/mol. The molecule has 0 atom stereocenters. The number of nitrogens with zero attached hydrogens (tertiary/aromatic N) is 2. The fraction of sp³-hybridized carbons (Fsp3) is 0.208. The number of amides is 1. The first-order chi connectivity index (χ1) is 14.6. The molecule has 0 aliphatic heterocycles. The molecule has 2 heterocycles. The largest absolute Gasteiger partial charge is 0.361 e. The average Bonchev–Trinajstić information content (AvgIpc) is 3.16. The number of aromatic nitrogens is 3. The van der Waals surface area contributed by atoms with E-state index < -0.39 is 0 Å². The highest BCUT2D eigenvalue weighted by molar-refractivity contribution is 5.92. The number of hydrogen-bond acceptors (Lipinski definition) is 4. The van der Waals surface area contributed by atoms with Crippen molar-refractivity contribution in [1.29, 1.82) is 0 Å². The van der Waals surface area contributed by atoms with Gasteiger partial charge in [-0.25, -0.2) is 9.97 Å². The highest BCUT2D eigenvalue weighted by atomic mass is 16.1. The van der Waals surface area contributed by atoms with Gasteiger partial charge in [-0.3, -0.25) is 4.79 Å². The monoisotopic (exact) mass is 399 g/mol. The number of hydrogen-bond donors (Lipinski definition) is 3. The summed E-state index contributed by atoms with van der Waals surface area (Å²) in [6, 6.07) is 18.1. The van der Waals surface area contributed by atoms with Crippen molar-refractivity contribution in [2.45, 2.75) is 26.8 Å². The maximum absolute atomic E-state index is 12.6. The van der Waals surface area contributed by atoms with Crippen molar-refractivity contribution in [3.8, 4) is 0 Å². The quantitative estimate of drug-likeness (QED) is 0.436. The molecule has 2 aromatic carbocycles. The zero-order valence-corrected chi connectivity index (χ0v) is 17.2. The minimum absolute atomic E-state index is 0.196. The van der Waals surface area contributed by atoms with Crippen molar-refractivity contribution in [3.05, 3.63) is 88.9 Å². The number of aryl methyl sites for hydroxylation is 2. The van der Waals surface area contributed by atoms with Gasteiger partial charge in [0, 0.05) is 35.9 Å². The van der Waals surface area contributed by atoms with Crippen molar-refractivity contribution in [1.82, 2.24) is 20.3 Å². The average molecular weight is 399 g/mol. The van der Waals surface area contributed by atoms with Crippen molar-refractivity contribution >= 4 is 22.8 Å². The molecule has 0 unspecified atom stereocenters. The number of carbonyl (C=O) groups is 1. The Bertz CT molecular complexity index is 1160. The Morgan fingerprint density at radius 2 is 1.83 bits per heavy atom. The van der Waals surface area contributed by atoms with Crippen LogP contribution in [0.4, 0.5) is 5.95 Å². The number of fused-ring (bicyclic) bond motifs is 1. The molecule has 0 spiro atoms. The zero-order chi connectivity index (χ0) is 20.9. The van der Waals surface area contributed by atoms with Gasteiger partial charge in [0.2, 0.25) is 5.95 Å². The van der Waals surface area contributed by atoms with Crippen LogP contribution in [-0.2, 0) is 13.0 Å². The van der Waals surface area contributed by atoms with Crippen molar-refractivity contribution in [2.24, 2.45) is 0 Å². The summed E-state index contributed by atoms with van der Waals surface area (Å²) in [7, 11) is 0. The topological polar surface area (TPSA) is 82.7 Å². The van der Waals surface area contributed by atoms with Crippen LogP contribution in [0.5, 0.6) is 0 Å². The van der Waals surface area contributed by atoms with E-state index >= 15 is 0 Å². The van der Waals surface area contributed by atoms with Gasteiger partial charge in [-0.15, -0.1) is 0 Å². The molecule has 4 rings (SSSR count). The Kier molecular flexibility index (Phi) is 5.75. The number of rotatable bonds is 7.